The number of nitrogens with zero attached hydrogens (tertiary/aromatic N) is 2. The minimum absolute atomic E-state index is 0.943. The average molecular weight is 370 g/mol. The Labute approximate surface area is 168 Å². The molecule has 0 unspecified atom stereocenters. The van der Waals surface area contributed by atoms with E-state index in [1.165, 1.54) is 43.7 Å². The fraction of sp³-hybridized carbons (Fsp3) is 0. The molecular formula is C27H18N2. The minimum atomic E-state index is 0.943. The topological polar surface area (TPSA) is 17.8 Å². The summed E-state index contributed by atoms with van der Waals surface area (Å²) in [6.45, 7) is 0. The van der Waals surface area contributed by atoms with Crippen LogP contribution in [0.1, 0.15) is 0 Å². The zero-order valence-corrected chi connectivity index (χ0v) is 15.8. The van der Waals surface area contributed by atoms with Crippen LogP contribution in [0.5, 0.6) is 0 Å². The predicted octanol–water partition coefficient (Wildman–Crippen LogP) is 7.00. The summed E-state index contributed by atoms with van der Waals surface area (Å²) in [4.78, 5) is 4.62. The van der Waals surface area contributed by atoms with Crippen molar-refractivity contribution < 1.29 is 0 Å². The highest BCUT2D eigenvalue weighted by Gasteiger charge is 2.13. The molecule has 0 bridgehead atoms. The van der Waals surface area contributed by atoms with Crippen LogP contribution in [-0.2, 0) is 0 Å². The van der Waals surface area contributed by atoms with Gasteiger partial charge in [-0.15, -0.1) is 0 Å². The number of pyridine rings is 1. The zero-order valence-electron chi connectivity index (χ0n) is 15.8. The van der Waals surface area contributed by atoms with E-state index in [1.807, 2.05) is 18.3 Å². The lowest BCUT2D eigenvalue weighted by atomic mass is 10.00. The molecule has 0 amide bonds. The third kappa shape index (κ3) is 2.54. The van der Waals surface area contributed by atoms with Crippen LogP contribution in [0, 0.1) is 0 Å². The van der Waals surface area contributed by atoms with Crippen LogP contribution < -0.4 is 0 Å². The first-order valence-electron chi connectivity index (χ1n) is 9.82. The number of para-hydroxylation sites is 1. The predicted molar refractivity (Wildman–Crippen MR) is 122 cm³/mol. The van der Waals surface area contributed by atoms with E-state index in [0.29, 0.717) is 0 Å². The van der Waals surface area contributed by atoms with Gasteiger partial charge in [0.2, 0.25) is 0 Å². The molecule has 6 rings (SSSR count). The van der Waals surface area contributed by atoms with Gasteiger partial charge < -0.3 is 0 Å². The molecule has 0 atom stereocenters. The number of hydrogen-bond acceptors (Lipinski definition) is 1. The van der Waals surface area contributed by atoms with Crippen molar-refractivity contribution >= 4 is 32.6 Å². The van der Waals surface area contributed by atoms with E-state index in [4.69, 9.17) is 0 Å². The molecule has 0 saturated carbocycles. The van der Waals surface area contributed by atoms with E-state index in [1.54, 1.807) is 0 Å². The van der Waals surface area contributed by atoms with Crippen molar-refractivity contribution in [3.8, 4) is 16.9 Å². The number of fused-ring (bicyclic) bond motifs is 4. The van der Waals surface area contributed by atoms with Gasteiger partial charge in [0, 0.05) is 17.0 Å². The lowest BCUT2D eigenvalue weighted by molar-refractivity contribution is 1.08. The molecule has 0 spiro atoms. The van der Waals surface area contributed by atoms with Gasteiger partial charge in [0.15, 0.2) is 0 Å². The number of aromatic nitrogens is 2. The average Bonchev–Trinajstić information content (AvgIpc) is 3.12. The normalized spacial score (nSPS) is 11.4. The van der Waals surface area contributed by atoms with Crippen molar-refractivity contribution in [3.63, 3.8) is 0 Å². The smallest absolute Gasteiger partial charge is 0.137 e. The summed E-state index contributed by atoms with van der Waals surface area (Å²) >= 11 is 0. The molecule has 6 aromatic rings. The van der Waals surface area contributed by atoms with Gasteiger partial charge in [0.1, 0.15) is 5.82 Å². The molecule has 0 N–H and O–H groups in total. The maximum absolute atomic E-state index is 4.62. The summed E-state index contributed by atoms with van der Waals surface area (Å²) in [6.07, 6.45) is 1.85. The quantitative estimate of drug-likeness (QED) is 0.321. The zero-order chi connectivity index (χ0) is 19.2. The van der Waals surface area contributed by atoms with Crippen LogP contribution in [0.2, 0.25) is 0 Å². The Morgan fingerprint density at radius 2 is 1.34 bits per heavy atom. The third-order valence-electron chi connectivity index (χ3n) is 5.62. The number of benzene rings is 4. The molecular weight excluding hydrogens is 352 g/mol. The van der Waals surface area contributed by atoms with E-state index in [-0.39, 0.29) is 0 Å². The van der Waals surface area contributed by atoms with Crippen LogP contribution in [0.15, 0.2) is 109 Å². The Morgan fingerprint density at radius 3 is 2.21 bits per heavy atom. The second kappa shape index (κ2) is 6.32. The molecule has 2 heterocycles. The minimum Gasteiger partial charge on any atom is -0.294 e. The summed E-state index contributed by atoms with van der Waals surface area (Å²) in [5, 5.41) is 4.99. The Hall–Kier alpha value is -3.91. The number of rotatable bonds is 2. The summed E-state index contributed by atoms with van der Waals surface area (Å²) in [5.74, 6) is 0.943. The van der Waals surface area contributed by atoms with Gasteiger partial charge in [0.25, 0.3) is 0 Å². The fourth-order valence-electron chi connectivity index (χ4n) is 4.26. The summed E-state index contributed by atoms with van der Waals surface area (Å²) in [7, 11) is 0. The standard InChI is InChI=1S/C27H18N2/c1-2-8-19(9-3-1)20-13-14-21-18-26-24(17-22(21)16-20)23-10-4-5-11-25(23)29(26)27-12-6-7-15-28-27/h1-18H. The first kappa shape index (κ1) is 16.1. The summed E-state index contributed by atoms with van der Waals surface area (Å²) in [5.41, 5.74) is 4.85. The van der Waals surface area contributed by atoms with Crippen LogP contribution in [0.3, 0.4) is 0 Å². The molecule has 29 heavy (non-hydrogen) atoms. The highest BCUT2D eigenvalue weighted by Crippen LogP contribution is 2.35. The van der Waals surface area contributed by atoms with Crippen LogP contribution in [-0.4, -0.2) is 9.55 Å². The van der Waals surface area contributed by atoms with E-state index in [9.17, 15) is 0 Å². The molecule has 2 aromatic heterocycles. The molecule has 136 valence electrons. The van der Waals surface area contributed by atoms with Crippen molar-refractivity contribution in [3.05, 3.63) is 109 Å². The first-order chi connectivity index (χ1) is 14.4. The van der Waals surface area contributed by atoms with E-state index in [2.05, 4.69) is 101 Å². The molecule has 0 radical (unpaired) electrons. The second-order valence-electron chi connectivity index (χ2n) is 7.34. The van der Waals surface area contributed by atoms with Crippen molar-refractivity contribution in [2.24, 2.45) is 0 Å². The second-order valence-corrected chi connectivity index (χ2v) is 7.34. The monoisotopic (exact) mass is 370 g/mol. The van der Waals surface area contributed by atoms with Gasteiger partial charge in [-0.05, 0) is 58.3 Å². The van der Waals surface area contributed by atoms with Crippen LogP contribution in [0.4, 0.5) is 0 Å². The Balaban J connectivity index is 1.68. The highest BCUT2D eigenvalue weighted by atomic mass is 15.1. The van der Waals surface area contributed by atoms with E-state index < -0.39 is 0 Å². The molecule has 0 fully saturated rings. The number of hydrogen-bond donors (Lipinski definition) is 0. The van der Waals surface area contributed by atoms with Crippen LogP contribution >= 0.6 is 0 Å². The van der Waals surface area contributed by atoms with Crippen molar-refractivity contribution in [2.45, 2.75) is 0 Å². The molecule has 0 saturated heterocycles. The van der Waals surface area contributed by atoms with Crippen LogP contribution in [0.25, 0.3) is 49.5 Å². The van der Waals surface area contributed by atoms with Crippen molar-refractivity contribution in [1.82, 2.24) is 9.55 Å². The van der Waals surface area contributed by atoms with Crippen molar-refractivity contribution in [1.29, 1.82) is 0 Å². The molecule has 0 aliphatic carbocycles. The van der Waals surface area contributed by atoms with Crippen molar-refractivity contribution in [2.75, 3.05) is 0 Å². The van der Waals surface area contributed by atoms with Gasteiger partial charge in [-0.2, -0.15) is 0 Å². The molecule has 0 aliphatic rings. The van der Waals surface area contributed by atoms with E-state index >= 15 is 0 Å². The molecule has 2 heteroatoms. The molecule has 0 aliphatic heterocycles. The van der Waals surface area contributed by atoms with Gasteiger partial charge in [-0.3, -0.25) is 4.57 Å². The van der Waals surface area contributed by atoms with Gasteiger partial charge in [0.05, 0.1) is 11.0 Å². The SMILES string of the molecule is c1ccc(-c2ccc3cc4c(cc3c2)c2ccccc2n4-c2ccccn2)cc1. The maximum Gasteiger partial charge on any atom is 0.137 e. The Bertz CT molecular complexity index is 1480. The molecule has 4 aromatic carbocycles. The largest absolute Gasteiger partial charge is 0.294 e. The Morgan fingerprint density at radius 1 is 0.517 bits per heavy atom. The lowest BCUT2D eigenvalue weighted by Crippen LogP contribution is -1.96. The molecule has 2 nitrogen and oxygen atoms in total. The third-order valence-corrected chi connectivity index (χ3v) is 5.62. The van der Waals surface area contributed by atoms with Gasteiger partial charge >= 0.3 is 0 Å². The van der Waals surface area contributed by atoms with E-state index in [0.717, 1.165) is 5.82 Å². The highest BCUT2D eigenvalue weighted by molar-refractivity contribution is 6.13. The first-order valence-corrected chi connectivity index (χ1v) is 9.82. The summed E-state index contributed by atoms with van der Waals surface area (Å²) in [6, 6.07) is 36.5. The van der Waals surface area contributed by atoms with Gasteiger partial charge in [-0.25, -0.2) is 4.98 Å². The van der Waals surface area contributed by atoms with Gasteiger partial charge in [-0.1, -0.05) is 66.7 Å². The maximum atomic E-state index is 4.62. The fourth-order valence-corrected chi connectivity index (χ4v) is 4.26. The Kier molecular flexibility index (Phi) is 3.50. The summed E-state index contributed by atoms with van der Waals surface area (Å²) < 4.78 is 2.26. The lowest BCUT2D eigenvalue weighted by Gasteiger charge is -2.08.